The van der Waals surface area contributed by atoms with Gasteiger partial charge < -0.3 is 19.5 Å². The molecule has 0 saturated carbocycles. The van der Waals surface area contributed by atoms with E-state index >= 15 is 0 Å². The molecular formula is C17H27BFNO4. The molecule has 0 aromatic heterocycles. The van der Waals surface area contributed by atoms with Gasteiger partial charge in [0.1, 0.15) is 5.82 Å². The highest BCUT2D eigenvalue weighted by molar-refractivity contribution is 6.60. The molecule has 0 bridgehead atoms. The van der Waals surface area contributed by atoms with Crippen molar-refractivity contribution in [2.75, 3.05) is 26.3 Å². The molecule has 0 aliphatic carbocycles. The monoisotopic (exact) mass is 339 g/mol. The Labute approximate surface area is 143 Å². The summed E-state index contributed by atoms with van der Waals surface area (Å²) in [5.74, 6) is -0.351. The van der Waals surface area contributed by atoms with Gasteiger partial charge in [-0.1, -0.05) is 6.07 Å². The van der Waals surface area contributed by atoms with Crippen molar-refractivity contribution in [2.24, 2.45) is 0 Å². The molecule has 1 aromatic carbocycles. The molecule has 1 aliphatic rings. The first kappa shape index (κ1) is 19.3. The van der Waals surface area contributed by atoms with Crippen LogP contribution in [0, 0.1) is 5.82 Å². The molecule has 0 amide bonds. The Morgan fingerprint density at radius 3 is 2.46 bits per heavy atom. The van der Waals surface area contributed by atoms with E-state index in [0.29, 0.717) is 30.8 Å². The minimum Gasteiger partial charge on any atom is -0.423 e. The average molecular weight is 339 g/mol. The first-order valence-corrected chi connectivity index (χ1v) is 8.27. The number of morpholine rings is 1. The molecular weight excluding hydrogens is 312 g/mol. The predicted octanol–water partition coefficient (Wildman–Crippen LogP) is 0.911. The van der Waals surface area contributed by atoms with E-state index in [4.69, 9.17) is 9.39 Å². The van der Waals surface area contributed by atoms with Crippen LogP contribution in [0.1, 0.15) is 33.3 Å². The van der Waals surface area contributed by atoms with E-state index in [9.17, 15) is 14.5 Å². The zero-order valence-electron chi connectivity index (χ0n) is 14.9. The standard InChI is InChI=1S/C17H27BFNO4/c1-16(2,21)17(3,4)24-18(22)15-6-5-14(19)11-13(15)12-20-7-9-23-10-8-20/h5-6,11,21-22H,7-10,12H2,1-4H3. The number of aliphatic hydroxyl groups is 1. The molecule has 1 heterocycles. The Hall–Kier alpha value is -0.985. The van der Waals surface area contributed by atoms with Crippen LogP contribution in [0.15, 0.2) is 18.2 Å². The molecule has 0 unspecified atom stereocenters. The van der Waals surface area contributed by atoms with Gasteiger partial charge in [-0.25, -0.2) is 4.39 Å². The van der Waals surface area contributed by atoms with Crippen molar-refractivity contribution in [3.63, 3.8) is 0 Å². The lowest BCUT2D eigenvalue weighted by Gasteiger charge is -2.38. The van der Waals surface area contributed by atoms with Crippen molar-refractivity contribution in [1.29, 1.82) is 0 Å². The van der Waals surface area contributed by atoms with Crippen LogP contribution in [-0.4, -0.2) is 59.7 Å². The van der Waals surface area contributed by atoms with Crippen molar-refractivity contribution in [1.82, 2.24) is 4.90 Å². The summed E-state index contributed by atoms with van der Waals surface area (Å²) in [4.78, 5) is 2.15. The summed E-state index contributed by atoms with van der Waals surface area (Å²) in [7, 11) is -1.25. The SMILES string of the molecule is CC(C)(O)C(C)(C)OB(O)c1ccc(F)cc1CN1CCOCC1. The van der Waals surface area contributed by atoms with Gasteiger partial charge in [-0.15, -0.1) is 0 Å². The van der Waals surface area contributed by atoms with Crippen LogP contribution in [-0.2, 0) is 15.9 Å². The maximum atomic E-state index is 13.7. The summed E-state index contributed by atoms with van der Waals surface area (Å²) in [5, 5.41) is 20.7. The van der Waals surface area contributed by atoms with Gasteiger partial charge in [0.25, 0.3) is 0 Å². The Bertz CT molecular complexity index is 556. The molecule has 24 heavy (non-hydrogen) atoms. The van der Waals surface area contributed by atoms with Gasteiger partial charge in [0.05, 0.1) is 24.4 Å². The zero-order chi connectivity index (χ0) is 18.0. The van der Waals surface area contributed by atoms with Crippen LogP contribution in [0.25, 0.3) is 0 Å². The topological polar surface area (TPSA) is 62.2 Å². The van der Waals surface area contributed by atoms with E-state index in [1.54, 1.807) is 27.7 Å². The molecule has 1 saturated heterocycles. The predicted molar refractivity (Wildman–Crippen MR) is 91.6 cm³/mol. The van der Waals surface area contributed by atoms with E-state index in [1.165, 1.54) is 18.2 Å². The molecule has 1 aliphatic heterocycles. The lowest BCUT2D eigenvalue weighted by molar-refractivity contribution is -0.0983. The van der Waals surface area contributed by atoms with E-state index < -0.39 is 18.3 Å². The second-order valence-electron chi connectivity index (χ2n) is 7.27. The Kier molecular flexibility index (Phi) is 6.04. The Balaban J connectivity index is 2.19. The van der Waals surface area contributed by atoms with Crippen molar-refractivity contribution in [3.05, 3.63) is 29.6 Å². The van der Waals surface area contributed by atoms with Gasteiger partial charge in [-0.3, -0.25) is 4.90 Å². The van der Waals surface area contributed by atoms with Gasteiger partial charge >= 0.3 is 7.12 Å². The quantitative estimate of drug-likeness (QED) is 0.755. The number of nitrogens with zero attached hydrogens (tertiary/aromatic N) is 1. The van der Waals surface area contributed by atoms with Gasteiger partial charge in [0, 0.05) is 19.6 Å². The highest BCUT2D eigenvalue weighted by Gasteiger charge is 2.40. The summed E-state index contributed by atoms with van der Waals surface area (Å²) >= 11 is 0. The molecule has 1 aromatic rings. The van der Waals surface area contributed by atoms with Crippen molar-refractivity contribution >= 4 is 12.6 Å². The lowest BCUT2D eigenvalue weighted by Crippen LogP contribution is -2.53. The molecule has 2 N–H and O–H groups in total. The number of hydrogen-bond donors (Lipinski definition) is 2. The third-order valence-electron chi connectivity index (χ3n) is 4.75. The average Bonchev–Trinajstić information content (AvgIpc) is 2.46. The van der Waals surface area contributed by atoms with Crippen molar-refractivity contribution < 1.29 is 23.9 Å². The molecule has 5 nitrogen and oxygen atoms in total. The Morgan fingerprint density at radius 1 is 1.25 bits per heavy atom. The third kappa shape index (κ3) is 4.77. The summed E-state index contributed by atoms with van der Waals surface area (Å²) in [6, 6.07) is 4.27. The fraction of sp³-hybridized carbons (Fsp3) is 0.647. The minimum absolute atomic E-state index is 0.351. The highest BCUT2D eigenvalue weighted by atomic mass is 19.1. The number of rotatable bonds is 6. The first-order valence-electron chi connectivity index (χ1n) is 8.27. The van der Waals surface area contributed by atoms with Crippen molar-refractivity contribution in [3.8, 4) is 0 Å². The fourth-order valence-electron chi connectivity index (χ4n) is 2.44. The molecule has 0 atom stereocenters. The number of hydrogen-bond acceptors (Lipinski definition) is 5. The molecule has 0 radical (unpaired) electrons. The smallest absolute Gasteiger partial charge is 0.423 e. The van der Waals surface area contributed by atoms with E-state index in [2.05, 4.69) is 4.90 Å². The van der Waals surface area contributed by atoms with E-state index in [0.717, 1.165) is 13.1 Å². The van der Waals surface area contributed by atoms with E-state index in [1.807, 2.05) is 0 Å². The summed E-state index contributed by atoms with van der Waals surface area (Å²) < 4.78 is 24.7. The maximum absolute atomic E-state index is 13.7. The number of halogens is 1. The highest BCUT2D eigenvalue weighted by Crippen LogP contribution is 2.25. The second kappa shape index (κ2) is 7.50. The van der Waals surface area contributed by atoms with Crippen molar-refractivity contribution in [2.45, 2.75) is 45.4 Å². The summed E-state index contributed by atoms with van der Waals surface area (Å²) in [6.07, 6.45) is 0. The maximum Gasteiger partial charge on any atom is 0.491 e. The molecule has 2 rings (SSSR count). The zero-order valence-corrected chi connectivity index (χ0v) is 14.9. The Morgan fingerprint density at radius 2 is 1.88 bits per heavy atom. The summed E-state index contributed by atoms with van der Waals surface area (Å²) in [5.41, 5.74) is -0.925. The number of ether oxygens (including phenoxy) is 1. The fourth-order valence-corrected chi connectivity index (χ4v) is 2.44. The van der Waals surface area contributed by atoms with Gasteiger partial charge in [-0.2, -0.15) is 0 Å². The largest absolute Gasteiger partial charge is 0.491 e. The normalized spacial score (nSPS) is 17.1. The molecule has 134 valence electrons. The van der Waals surface area contributed by atoms with Gasteiger partial charge in [0.15, 0.2) is 0 Å². The lowest BCUT2D eigenvalue weighted by atomic mass is 9.74. The van der Waals surface area contributed by atoms with Gasteiger partial charge in [-0.05, 0) is 50.9 Å². The van der Waals surface area contributed by atoms with Crippen LogP contribution in [0.2, 0.25) is 0 Å². The number of benzene rings is 1. The first-order chi connectivity index (χ1) is 11.1. The van der Waals surface area contributed by atoms with Crippen LogP contribution >= 0.6 is 0 Å². The minimum atomic E-state index is -1.25. The summed E-state index contributed by atoms with van der Waals surface area (Å²) in [6.45, 7) is 10.0. The van der Waals surface area contributed by atoms with E-state index in [-0.39, 0.29) is 5.82 Å². The van der Waals surface area contributed by atoms with Crippen LogP contribution in [0.3, 0.4) is 0 Å². The third-order valence-corrected chi connectivity index (χ3v) is 4.75. The van der Waals surface area contributed by atoms with Crippen LogP contribution < -0.4 is 5.46 Å². The molecule has 7 heteroatoms. The van der Waals surface area contributed by atoms with Gasteiger partial charge in [0.2, 0.25) is 0 Å². The van der Waals surface area contributed by atoms with Crippen LogP contribution in [0.5, 0.6) is 0 Å². The molecule has 0 spiro atoms. The van der Waals surface area contributed by atoms with Crippen LogP contribution in [0.4, 0.5) is 4.39 Å². The molecule has 1 fully saturated rings. The second-order valence-corrected chi connectivity index (χ2v) is 7.27.